The summed E-state index contributed by atoms with van der Waals surface area (Å²) in [5, 5.41) is 11.3. The third kappa shape index (κ3) is 4.67. The van der Waals surface area contributed by atoms with E-state index in [4.69, 9.17) is 0 Å². The van der Waals surface area contributed by atoms with Gasteiger partial charge in [0.2, 0.25) is 15.9 Å². The van der Waals surface area contributed by atoms with Crippen LogP contribution in [-0.4, -0.2) is 53.0 Å². The number of hydrogen-bond donors (Lipinski definition) is 1. The lowest BCUT2D eigenvalue weighted by molar-refractivity contribution is -0.127. The summed E-state index contributed by atoms with van der Waals surface area (Å²) >= 11 is 0. The lowest BCUT2D eigenvalue weighted by atomic mass is 9.96. The molecule has 1 aliphatic heterocycles. The second-order valence-electron chi connectivity index (χ2n) is 6.49. The summed E-state index contributed by atoms with van der Waals surface area (Å²) in [6.45, 7) is 1.20. The molecule has 3 rings (SSSR count). The van der Waals surface area contributed by atoms with Gasteiger partial charge in [-0.15, -0.1) is 0 Å². The largest absolute Gasteiger partial charge is 0.347 e. The van der Waals surface area contributed by atoms with Gasteiger partial charge in [-0.3, -0.25) is 4.79 Å². The van der Waals surface area contributed by atoms with E-state index in [9.17, 15) is 13.2 Å². The second-order valence-corrected chi connectivity index (χ2v) is 8.47. The molecule has 1 saturated heterocycles. The first-order chi connectivity index (χ1) is 12.4. The van der Waals surface area contributed by atoms with Crippen LogP contribution in [0.3, 0.4) is 0 Å². The summed E-state index contributed by atoms with van der Waals surface area (Å²) in [6, 6.07) is 9.45. The monoisotopic (exact) mass is 377 g/mol. The van der Waals surface area contributed by atoms with Crippen molar-refractivity contribution < 1.29 is 13.2 Å². The predicted octanol–water partition coefficient (Wildman–Crippen LogP) is 0.807. The number of sulfonamides is 1. The quantitative estimate of drug-likeness (QED) is 0.803. The zero-order chi connectivity index (χ0) is 18.6. The third-order valence-electron chi connectivity index (χ3n) is 4.62. The van der Waals surface area contributed by atoms with Crippen molar-refractivity contribution in [3.05, 3.63) is 48.3 Å². The Morgan fingerprint density at radius 1 is 1.19 bits per heavy atom. The van der Waals surface area contributed by atoms with Crippen LogP contribution in [0.25, 0.3) is 0 Å². The van der Waals surface area contributed by atoms with E-state index in [0.717, 1.165) is 5.56 Å². The van der Waals surface area contributed by atoms with Crippen molar-refractivity contribution in [3.63, 3.8) is 0 Å². The molecule has 1 aliphatic rings. The van der Waals surface area contributed by atoms with Gasteiger partial charge in [0.05, 0.1) is 31.2 Å². The van der Waals surface area contributed by atoms with Gasteiger partial charge >= 0.3 is 0 Å². The van der Waals surface area contributed by atoms with E-state index < -0.39 is 10.0 Å². The molecule has 2 heterocycles. The van der Waals surface area contributed by atoms with Crippen molar-refractivity contribution in [2.45, 2.75) is 25.4 Å². The van der Waals surface area contributed by atoms with Crippen LogP contribution in [0, 0.1) is 5.92 Å². The molecule has 0 radical (unpaired) electrons. The fourth-order valence-electron chi connectivity index (χ4n) is 3.16. The highest BCUT2D eigenvalue weighted by Crippen LogP contribution is 2.21. The zero-order valence-electron chi connectivity index (χ0n) is 14.7. The van der Waals surface area contributed by atoms with Gasteiger partial charge in [-0.1, -0.05) is 30.3 Å². The summed E-state index contributed by atoms with van der Waals surface area (Å²) in [7, 11) is -3.19. The summed E-state index contributed by atoms with van der Waals surface area (Å²) in [4.78, 5) is 14.3. The molecule has 0 bridgehead atoms. The first-order valence-electron chi connectivity index (χ1n) is 8.58. The Kier molecular flexibility index (Phi) is 5.67. The summed E-state index contributed by atoms with van der Waals surface area (Å²) < 4.78 is 24.7. The Balaban J connectivity index is 1.66. The number of carbonyl (C=O) groups excluding carboxylic acids is 1. The van der Waals surface area contributed by atoms with E-state index in [1.165, 1.54) is 10.6 Å². The van der Waals surface area contributed by atoms with Gasteiger partial charge in [-0.2, -0.15) is 15.0 Å². The number of benzene rings is 1. The second kappa shape index (κ2) is 7.96. The molecule has 0 saturated carbocycles. The Bertz CT molecular complexity index is 815. The maximum atomic E-state index is 12.7. The molecule has 0 aliphatic carbocycles. The maximum absolute atomic E-state index is 12.7. The van der Waals surface area contributed by atoms with E-state index in [0.29, 0.717) is 32.5 Å². The fourth-order valence-corrected chi connectivity index (χ4v) is 4.03. The first-order valence-corrected chi connectivity index (χ1v) is 10.4. The number of piperidine rings is 1. The van der Waals surface area contributed by atoms with Crippen LogP contribution in [0.15, 0.2) is 42.7 Å². The number of nitrogens with one attached hydrogen (secondary N) is 1. The maximum Gasteiger partial charge on any atom is 0.223 e. The Hall–Kier alpha value is -2.26. The molecule has 1 fully saturated rings. The molecular weight excluding hydrogens is 354 g/mol. The minimum absolute atomic E-state index is 0.0563. The number of amides is 1. The van der Waals surface area contributed by atoms with Gasteiger partial charge in [0.25, 0.3) is 0 Å². The average Bonchev–Trinajstić information content (AvgIpc) is 3.14. The van der Waals surface area contributed by atoms with Gasteiger partial charge in [-0.25, -0.2) is 12.7 Å². The highest BCUT2D eigenvalue weighted by Gasteiger charge is 2.30. The molecular formula is C17H23N5O3S. The highest BCUT2D eigenvalue weighted by atomic mass is 32.2. The van der Waals surface area contributed by atoms with Gasteiger partial charge in [0.15, 0.2) is 0 Å². The summed E-state index contributed by atoms with van der Waals surface area (Å²) in [5.41, 5.74) is 0.978. The Labute approximate surface area is 153 Å². The van der Waals surface area contributed by atoms with Crippen LogP contribution in [0.4, 0.5) is 0 Å². The van der Waals surface area contributed by atoms with Gasteiger partial charge in [0, 0.05) is 19.0 Å². The molecule has 1 aromatic carbocycles. The van der Waals surface area contributed by atoms with Crippen molar-refractivity contribution in [2.75, 3.05) is 19.3 Å². The molecule has 1 aromatic heterocycles. The van der Waals surface area contributed by atoms with E-state index in [-0.39, 0.29) is 17.9 Å². The lowest BCUT2D eigenvalue weighted by Gasteiger charge is -2.30. The Morgan fingerprint density at radius 2 is 1.81 bits per heavy atom. The number of nitrogens with zero attached hydrogens (tertiary/aromatic N) is 4. The summed E-state index contributed by atoms with van der Waals surface area (Å²) in [5.74, 6) is -0.246. The molecule has 1 amide bonds. The van der Waals surface area contributed by atoms with Crippen molar-refractivity contribution >= 4 is 15.9 Å². The lowest BCUT2D eigenvalue weighted by Crippen LogP contribution is -2.43. The number of rotatable bonds is 6. The number of aromatic nitrogens is 3. The number of hydrogen-bond acceptors (Lipinski definition) is 5. The third-order valence-corrected chi connectivity index (χ3v) is 5.93. The van der Waals surface area contributed by atoms with Crippen LogP contribution in [0.2, 0.25) is 0 Å². The topological polar surface area (TPSA) is 97.2 Å². The van der Waals surface area contributed by atoms with E-state index in [1.807, 2.05) is 30.3 Å². The number of carbonyl (C=O) groups is 1. The van der Waals surface area contributed by atoms with Crippen LogP contribution in [0.1, 0.15) is 24.4 Å². The van der Waals surface area contributed by atoms with Gasteiger partial charge < -0.3 is 5.32 Å². The molecule has 1 N–H and O–H groups in total. The molecule has 140 valence electrons. The van der Waals surface area contributed by atoms with E-state index >= 15 is 0 Å². The Morgan fingerprint density at radius 3 is 2.38 bits per heavy atom. The van der Waals surface area contributed by atoms with Crippen molar-refractivity contribution in [1.82, 2.24) is 24.6 Å². The van der Waals surface area contributed by atoms with E-state index in [1.54, 1.807) is 17.2 Å². The van der Waals surface area contributed by atoms with Gasteiger partial charge in [-0.05, 0) is 18.4 Å². The minimum Gasteiger partial charge on any atom is -0.347 e. The smallest absolute Gasteiger partial charge is 0.223 e. The minimum atomic E-state index is -3.19. The normalized spacial score (nSPS) is 17.7. The predicted molar refractivity (Wildman–Crippen MR) is 96.5 cm³/mol. The van der Waals surface area contributed by atoms with Crippen molar-refractivity contribution in [3.8, 4) is 0 Å². The molecule has 8 nitrogen and oxygen atoms in total. The van der Waals surface area contributed by atoms with Crippen LogP contribution in [-0.2, 0) is 21.4 Å². The van der Waals surface area contributed by atoms with Crippen LogP contribution < -0.4 is 5.32 Å². The molecule has 1 atom stereocenters. The summed E-state index contributed by atoms with van der Waals surface area (Å²) in [6.07, 6.45) is 5.46. The molecule has 1 unspecified atom stereocenters. The highest BCUT2D eigenvalue weighted by molar-refractivity contribution is 7.88. The fraction of sp³-hybridized carbons (Fsp3) is 0.471. The molecule has 9 heteroatoms. The van der Waals surface area contributed by atoms with Crippen molar-refractivity contribution in [1.29, 1.82) is 0 Å². The molecule has 0 spiro atoms. The van der Waals surface area contributed by atoms with Crippen molar-refractivity contribution in [2.24, 2.45) is 5.92 Å². The first kappa shape index (κ1) is 18.5. The zero-order valence-corrected chi connectivity index (χ0v) is 15.5. The van der Waals surface area contributed by atoms with Gasteiger partial charge in [0.1, 0.15) is 0 Å². The SMILES string of the molecule is CS(=O)(=O)N1CCC(C(=O)NC(Cn2nccn2)c2ccccc2)CC1. The molecule has 26 heavy (non-hydrogen) atoms. The standard InChI is InChI=1S/C17H23N5O3S/c1-26(24,25)21-11-7-15(8-12-21)17(23)20-16(13-22-18-9-10-19-22)14-5-3-2-4-6-14/h2-6,9-10,15-16H,7-8,11-13H2,1H3,(H,20,23). The molecule has 2 aromatic rings. The average molecular weight is 377 g/mol. The van der Waals surface area contributed by atoms with Crippen LogP contribution in [0.5, 0.6) is 0 Å². The van der Waals surface area contributed by atoms with Crippen LogP contribution >= 0.6 is 0 Å². The van der Waals surface area contributed by atoms with E-state index in [2.05, 4.69) is 15.5 Å².